The van der Waals surface area contributed by atoms with Gasteiger partial charge in [-0.2, -0.15) is 18.3 Å². The van der Waals surface area contributed by atoms with Crippen molar-refractivity contribution in [2.75, 3.05) is 11.9 Å². The Morgan fingerprint density at radius 2 is 2.07 bits per heavy atom. The molecule has 1 unspecified atom stereocenters. The maximum Gasteiger partial charge on any atom is 0.410 e. The molecule has 0 aromatic carbocycles. The highest BCUT2D eigenvalue weighted by molar-refractivity contribution is 5.94. The van der Waals surface area contributed by atoms with Gasteiger partial charge >= 0.3 is 6.18 Å². The Kier molecular flexibility index (Phi) is 4.76. The lowest BCUT2D eigenvalue weighted by atomic mass is 10.0. The molecule has 0 spiro atoms. The van der Waals surface area contributed by atoms with Crippen molar-refractivity contribution >= 4 is 11.7 Å². The van der Waals surface area contributed by atoms with Crippen LogP contribution in [0.1, 0.15) is 60.7 Å². The summed E-state index contributed by atoms with van der Waals surface area (Å²) in [6, 6.07) is 2.74. The molecule has 2 aromatic rings. The van der Waals surface area contributed by atoms with Gasteiger partial charge in [-0.25, -0.2) is 4.68 Å². The van der Waals surface area contributed by atoms with Crippen LogP contribution in [0, 0.1) is 0 Å². The Bertz CT molecular complexity index is 851. The first-order chi connectivity index (χ1) is 13.4. The summed E-state index contributed by atoms with van der Waals surface area (Å²) >= 11 is 0. The van der Waals surface area contributed by atoms with E-state index in [0.29, 0.717) is 36.5 Å². The summed E-state index contributed by atoms with van der Waals surface area (Å²) in [5.41, 5.74) is 1.02. The van der Waals surface area contributed by atoms with Crippen LogP contribution >= 0.6 is 0 Å². The van der Waals surface area contributed by atoms with Crippen LogP contribution in [0.3, 0.4) is 0 Å². The fraction of sp³-hybridized carbons (Fsp3) is 0.526. The van der Waals surface area contributed by atoms with Crippen LogP contribution in [-0.4, -0.2) is 44.3 Å². The fourth-order valence-electron chi connectivity index (χ4n) is 4.08. The number of nitrogens with one attached hydrogen (secondary N) is 1. The average Bonchev–Trinajstić information content (AvgIpc) is 3.32. The van der Waals surface area contributed by atoms with Crippen molar-refractivity contribution in [3.63, 3.8) is 0 Å². The first-order valence-electron chi connectivity index (χ1n) is 9.52. The number of pyridine rings is 1. The molecule has 1 amide bonds. The number of nitrogens with zero attached hydrogens (tertiary/aromatic N) is 4. The maximum absolute atomic E-state index is 13.6. The van der Waals surface area contributed by atoms with Crippen molar-refractivity contribution in [3.05, 3.63) is 41.9 Å². The van der Waals surface area contributed by atoms with Crippen LogP contribution in [0.2, 0.25) is 0 Å². The number of likely N-dealkylation sites (tertiary alicyclic amines) is 1. The summed E-state index contributed by atoms with van der Waals surface area (Å²) in [6.45, 7) is 2.42. The number of fused-ring (bicyclic) bond motifs is 1. The molecule has 28 heavy (non-hydrogen) atoms. The van der Waals surface area contributed by atoms with Gasteiger partial charge in [0, 0.05) is 36.6 Å². The van der Waals surface area contributed by atoms with Gasteiger partial charge in [-0.15, -0.1) is 0 Å². The monoisotopic (exact) mass is 393 g/mol. The molecule has 1 saturated heterocycles. The molecule has 2 aliphatic heterocycles. The van der Waals surface area contributed by atoms with Gasteiger partial charge in [0.15, 0.2) is 6.04 Å². The van der Waals surface area contributed by atoms with E-state index in [2.05, 4.69) is 15.4 Å². The number of halogens is 3. The van der Waals surface area contributed by atoms with E-state index >= 15 is 0 Å². The molecule has 2 aromatic heterocycles. The lowest BCUT2D eigenvalue weighted by Crippen LogP contribution is -2.39. The van der Waals surface area contributed by atoms with Crippen LogP contribution in [0.15, 0.2) is 30.6 Å². The summed E-state index contributed by atoms with van der Waals surface area (Å²) in [5.74, 6) is 0.223. The van der Waals surface area contributed by atoms with Gasteiger partial charge in [-0.1, -0.05) is 6.92 Å². The molecule has 0 saturated carbocycles. The Morgan fingerprint density at radius 1 is 1.32 bits per heavy atom. The van der Waals surface area contributed by atoms with E-state index in [4.69, 9.17) is 0 Å². The van der Waals surface area contributed by atoms with Crippen LogP contribution < -0.4 is 5.32 Å². The molecule has 2 aliphatic rings. The van der Waals surface area contributed by atoms with Gasteiger partial charge in [0.1, 0.15) is 5.82 Å². The zero-order chi connectivity index (χ0) is 19.9. The largest absolute Gasteiger partial charge is 0.410 e. The van der Waals surface area contributed by atoms with Crippen molar-refractivity contribution < 1.29 is 18.0 Å². The van der Waals surface area contributed by atoms with E-state index in [9.17, 15) is 18.0 Å². The Hall–Kier alpha value is -2.58. The summed E-state index contributed by atoms with van der Waals surface area (Å²) in [5, 5.41) is 7.46. The number of rotatable bonds is 3. The molecule has 0 bridgehead atoms. The molecule has 4 rings (SSSR count). The smallest absolute Gasteiger partial charge is 0.367 e. The van der Waals surface area contributed by atoms with E-state index in [1.165, 1.54) is 0 Å². The van der Waals surface area contributed by atoms with Gasteiger partial charge < -0.3 is 10.2 Å². The van der Waals surface area contributed by atoms with E-state index < -0.39 is 12.2 Å². The third kappa shape index (κ3) is 3.33. The van der Waals surface area contributed by atoms with Crippen molar-refractivity contribution in [2.24, 2.45) is 0 Å². The Morgan fingerprint density at radius 3 is 2.75 bits per heavy atom. The zero-order valence-electron chi connectivity index (χ0n) is 15.5. The Labute approximate surface area is 160 Å². The normalized spacial score (nSPS) is 24.7. The van der Waals surface area contributed by atoms with E-state index in [1.54, 1.807) is 35.5 Å². The van der Waals surface area contributed by atoms with E-state index in [1.807, 2.05) is 6.92 Å². The SMILES string of the molecule is CC[C@@H]1C[C@H](C(F)(F)F)n2nc(C3CCCN3C(=O)c3ccncc3)cc2N1. The second kappa shape index (κ2) is 7.10. The number of hydrogen-bond acceptors (Lipinski definition) is 4. The molecule has 6 nitrogen and oxygen atoms in total. The number of hydrogen-bond donors (Lipinski definition) is 1. The van der Waals surface area contributed by atoms with Crippen LogP contribution in [0.4, 0.5) is 19.0 Å². The summed E-state index contributed by atoms with van der Waals surface area (Å²) < 4.78 is 41.8. The van der Waals surface area contributed by atoms with Gasteiger partial charge in [0.2, 0.25) is 0 Å². The van der Waals surface area contributed by atoms with Crippen molar-refractivity contribution in [2.45, 2.75) is 56.9 Å². The van der Waals surface area contributed by atoms with Crippen LogP contribution in [0.5, 0.6) is 0 Å². The van der Waals surface area contributed by atoms with Crippen molar-refractivity contribution in [1.29, 1.82) is 0 Å². The lowest BCUT2D eigenvalue weighted by molar-refractivity contribution is -0.173. The quantitative estimate of drug-likeness (QED) is 0.858. The predicted molar refractivity (Wildman–Crippen MR) is 96.9 cm³/mol. The standard InChI is InChI=1S/C19H22F3N5O/c1-2-13-10-16(19(20,21)22)27-17(24-13)11-14(25-27)15-4-3-9-26(15)18(28)12-5-7-23-8-6-12/h5-8,11,13,15-16,24H,2-4,9-10H2,1H3/t13-,15?,16-/m1/s1. The average molecular weight is 393 g/mol. The Balaban J connectivity index is 1.65. The number of carbonyl (C=O) groups excluding carboxylic acids is 1. The van der Waals surface area contributed by atoms with Crippen LogP contribution in [0.25, 0.3) is 0 Å². The first kappa shape index (κ1) is 18.8. The van der Waals surface area contributed by atoms with E-state index in [0.717, 1.165) is 11.1 Å². The fourth-order valence-corrected chi connectivity index (χ4v) is 4.08. The molecular weight excluding hydrogens is 371 g/mol. The number of anilines is 1. The molecule has 3 atom stereocenters. The third-order valence-electron chi connectivity index (χ3n) is 5.56. The van der Waals surface area contributed by atoms with E-state index in [-0.39, 0.29) is 24.4 Å². The highest BCUT2D eigenvalue weighted by atomic mass is 19.4. The maximum atomic E-state index is 13.6. The molecule has 1 fully saturated rings. The number of alkyl halides is 3. The minimum absolute atomic E-state index is 0.0432. The molecule has 1 N–H and O–H groups in total. The predicted octanol–water partition coefficient (Wildman–Crippen LogP) is 3.95. The highest BCUT2D eigenvalue weighted by Crippen LogP contribution is 2.42. The molecule has 0 aliphatic carbocycles. The number of amides is 1. The summed E-state index contributed by atoms with van der Waals surface area (Å²) in [4.78, 5) is 18.5. The molecule has 0 radical (unpaired) electrons. The minimum Gasteiger partial charge on any atom is -0.367 e. The highest BCUT2D eigenvalue weighted by Gasteiger charge is 2.46. The molecule has 150 valence electrons. The summed E-state index contributed by atoms with van der Waals surface area (Å²) in [7, 11) is 0. The first-order valence-corrected chi connectivity index (χ1v) is 9.52. The van der Waals surface area contributed by atoms with Gasteiger partial charge in [0.25, 0.3) is 5.91 Å². The lowest BCUT2D eigenvalue weighted by Gasteiger charge is -2.32. The topological polar surface area (TPSA) is 63.1 Å². The number of aromatic nitrogens is 3. The number of carbonyl (C=O) groups is 1. The minimum atomic E-state index is -4.37. The van der Waals surface area contributed by atoms with Crippen molar-refractivity contribution in [3.8, 4) is 0 Å². The van der Waals surface area contributed by atoms with Gasteiger partial charge in [0.05, 0.1) is 11.7 Å². The van der Waals surface area contributed by atoms with Gasteiger partial charge in [-0.05, 0) is 37.8 Å². The molecule has 4 heterocycles. The molecule has 9 heteroatoms. The second-order valence-corrected chi connectivity index (χ2v) is 7.33. The van der Waals surface area contributed by atoms with Crippen LogP contribution in [-0.2, 0) is 0 Å². The summed E-state index contributed by atoms with van der Waals surface area (Å²) in [6.07, 6.45) is 0.767. The second-order valence-electron chi connectivity index (χ2n) is 7.33. The van der Waals surface area contributed by atoms with Crippen molar-refractivity contribution in [1.82, 2.24) is 19.7 Å². The third-order valence-corrected chi connectivity index (χ3v) is 5.56. The zero-order valence-corrected chi connectivity index (χ0v) is 15.5. The van der Waals surface area contributed by atoms with Gasteiger partial charge in [-0.3, -0.25) is 9.78 Å². The molecular formula is C19H22F3N5O.